The molecule has 96 valence electrons. The highest BCUT2D eigenvalue weighted by Gasteiger charge is 2.29. The average molecular weight is 383 g/mol. The van der Waals surface area contributed by atoms with Gasteiger partial charge in [-0.1, -0.05) is 15.9 Å². The monoisotopic (exact) mass is 381 g/mol. The normalized spacial score (nSPS) is 15.7. The Morgan fingerprint density at radius 2 is 2.11 bits per heavy atom. The molecule has 1 aromatic carbocycles. The van der Waals surface area contributed by atoms with E-state index in [0.717, 1.165) is 25.8 Å². The lowest BCUT2D eigenvalue weighted by Gasteiger charge is -2.08. The summed E-state index contributed by atoms with van der Waals surface area (Å²) in [4.78, 5) is 19.2. The first-order valence-electron chi connectivity index (χ1n) is 5.59. The Kier molecular flexibility index (Phi) is 3.06. The van der Waals surface area contributed by atoms with Crippen molar-refractivity contribution < 1.29 is 4.79 Å². The maximum absolute atomic E-state index is 12.1. The lowest BCUT2D eigenvalue weighted by atomic mass is 10.0. The number of hydrogen-bond acceptors (Lipinski definition) is 2. The van der Waals surface area contributed by atoms with Gasteiger partial charge in [0.25, 0.3) is 5.91 Å². The molecule has 1 aliphatic rings. The van der Waals surface area contributed by atoms with Crippen LogP contribution < -0.4 is 5.32 Å². The summed E-state index contributed by atoms with van der Waals surface area (Å²) in [5, 5.41) is 2.88. The predicted molar refractivity (Wildman–Crippen MR) is 81.7 cm³/mol. The Morgan fingerprint density at radius 3 is 2.79 bits per heavy atom. The molecule has 0 unspecified atom stereocenters. The molecule has 2 heterocycles. The van der Waals surface area contributed by atoms with Crippen molar-refractivity contribution in [1.29, 1.82) is 0 Å². The third-order valence-corrected chi connectivity index (χ3v) is 4.48. The molecule has 3 rings (SSSR count). The van der Waals surface area contributed by atoms with E-state index in [2.05, 4.69) is 47.1 Å². The number of halogens is 2. The summed E-state index contributed by atoms with van der Waals surface area (Å²) in [6.45, 7) is 1.98. The minimum Gasteiger partial charge on any atom is -0.345 e. The van der Waals surface area contributed by atoms with Crippen molar-refractivity contribution in [3.63, 3.8) is 0 Å². The first-order chi connectivity index (χ1) is 9.08. The second kappa shape index (κ2) is 4.61. The second-order valence-electron chi connectivity index (χ2n) is 4.20. The average Bonchev–Trinajstić information content (AvgIpc) is 2.97. The van der Waals surface area contributed by atoms with Crippen molar-refractivity contribution >= 4 is 55.1 Å². The number of nitrogens with one attached hydrogen (secondary N) is 2. The molecule has 0 bridgehead atoms. The van der Waals surface area contributed by atoms with E-state index in [1.807, 2.05) is 13.0 Å². The molecule has 0 fully saturated rings. The standard InChI is InChI=1S/C13H9Br2N3O/c1-6-8(14)5-9(15)12-11(6)7(13(19)18-12)4-10-16-2-3-17-10/h2-5H,1H3,(H,16,17)(H,18,19). The predicted octanol–water partition coefficient (Wildman–Crippen LogP) is 3.74. The molecule has 0 spiro atoms. The molecular formula is C13H9Br2N3O. The van der Waals surface area contributed by atoms with Gasteiger partial charge in [0.1, 0.15) is 5.82 Å². The molecule has 2 aromatic rings. The summed E-state index contributed by atoms with van der Waals surface area (Å²) in [5.41, 5.74) is 3.35. The molecule has 0 aliphatic carbocycles. The van der Waals surface area contributed by atoms with Gasteiger partial charge in [-0.3, -0.25) is 4.79 Å². The lowest BCUT2D eigenvalue weighted by molar-refractivity contribution is -0.110. The summed E-state index contributed by atoms with van der Waals surface area (Å²) >= 11 is 6.98. The Labute approximate surface area is 126 Å². The van der Waals surface area contributed by atoms with Gasteiger partial charge in [-0.05, 0) is 40.6 Å². The van der Waals surface area contributed by atoms with Gasteiger partial charge in [0.2, 0.25) is 0 Å². The number of aromatic amines is 1. The Hall–Kier alpha value is -1.40. The van der Waals surface area contributed by atoms with E-state index in [9.17, 15) is 4.79 Å². The molecule has 1 aliphatic heterocycles. The topological polar surface area (TPSA) is 57.8 Å². The van der Waals surface area contributed by atoms with Crippen molar-refractivity contribution in [3.05, 3.63) is 44.4 Å². The Balaban J connectivity index is 2.25. The summed E-state index contributed by atoms with van der Waals surface area (Å²) in [6, 6.07) is 1.93. The molecule has 0 radical (unpaired) electrons. The van der Waals surface area contributed by atoms with Crippen LogP contribution in [0.15, 0.2) is 27.4 Å². The first kappa shape index (κ1) is 12.6. The van der Waals surface area contributed by atoms with Crippen LogP contribution in [0.25, 0.3) is 11.6 Å². The van der Waals surface area contributed by atoms with Crippen molar-refractivity contribution in [3.8, 4) is 0 Å². The van der Waals surface area contributed by atoms with Crippen LogP contribution in [0, 0.1) is 6.92 Å². The number of benzene rings is 1. The van der Waals surface area contributed by atoms with Crippen LogP contribution in [0.5, 0.6) is 0 Å². The van der Waals surface area contributed by atoms with Gasteiger partial charge in [-0.2, -0.15) is 0 Å². The molecule has 2 N–H and O–H groups in total. The summed E-state index contributed by atoms with van der Waals surface area (Å²) < 4.78 is 1.82. The fraction of sp³-hybridized carbons (Fsp3) is 0.0769. The number of carbonyl (C=O) groups excluding carboxylic acids is 1. The molecule has 0 saturated carbocycles. The Bertz CT molecular complexity index is 705. The third kappa shape index (κ3) is 2.04. The highest BCUT2D eigenvalue weighted by atomic mass is 79.9. The first-order valence-corrected chi connectivity index (χ1v) is 7.18. The van der Waals surface area contributed by atoms with Crippen LogP contribution in [0.2, 0.25) is 0 Å². The molecular weight excluding hydrogens is 374 g/mol. The van der Waals surface area contributed by atoms with Gasteiger partial charge in [0.05, 0.1) is 11.3 Å². The van der Waals surface area contributed by atoms with Crippen molar-refractivity contribution in [2.45, 2.75) is 6.92 Å². The van der Waals surface area contributed by atoms with E-state index in [0.29, 0.717) is 11.4 Å². The number of aromatic nitrogens is 2. The third-order valence-electron chi connectivity index (χ3n) is 3.03. The number of anilines is 1. The smallest absolute Gasteiger partial charge is 0.256 e. The van der Waals surface area contributed by atoms with Gasteiger partial charge < -0.3 is 10.3 Å². The summed E-state index contributed by atoms with van der Waals surface area (Å²) in [7, 11) is 0. The molecule has 0 atom stereocenters. The van der Waals surface area contributed by atoms with E-state index >= 15 is 0 Å². The lowest BCUT2D eigenvalue weighted by Crippen LogP contribution is -2.04. The van der Waals surface area contributed by atoms with Crippen LogP contribution in [0.3, 0.4) is 0 Å². The fourth-order valence-electron chi connectivity index (χ4n) is 2.10. The maximum atomic E-state index is 12.1. The molecule has 6 heteroatoms. The van der Waals surface area contributed by atoms with Crippen molar-refractivity contribution in [2.75, 3.05) is 5.32 Å². The van der Waals surface area contributed by atoms with E-state index < -0.39 is 0 Å². The zero-order valence-corrected chi connectivity index (χ0v) is 13.1. The van der Waals surface area contributed by atoms with E-state index in [-0.39, 0.29) is 5.91 Å². The zero-order chi connectivity index (χ0) is 13.6. The summed E-state index contributed by atoms with van der Waals surface area (Å²) in [5.74, 6) is 0.543. The molecule has 0 saturated heterocycles. The van der Waals surface area contributed by atoms with Crippen molar-refractivity contribution in [1.82, 2.24) is 9.97 Å². The number of rotatable bonds is 1. The minimum absolute atomic E-state index is 0.117. The van der Waals surface area contributed by atoms with Gasteiger partial charge in [0, 0.05) is 26.9 Å². The van der Waals surface area contributed by atoms with Gasteiger partial charge in [0.15, 0.2) is 0 Å². The van der Waals surface area contributed by atoms with Gasteiger partial charge in [-0.15, -0.1) is 0 Å². The summed E-state index contributed by atoms with van der Waals surface area (Å²) in [6.07, 6.45) is 5.14. The van der Waals surface area contributed by atoms with E-state index in [1.54, 1.807) is 18.5 Å². The molecule has 1 aromatic heterocycles. The highest BCUT2D eigenvalue weighted by molar-refractivity contribution is 9.11. The number of H-pyrrole nitrogens is 1. The van der Waals surface area contributed by atoms with Crippen LogP contribution in [0.1, 0.15) is 17.0 Å². The maximum Gasteiger partial charge on any atom is 0.256 e. The van der Waals surface area contributed by atoms with Crippen LogP contribution in [-0.4, -0.2) is 15.9 Å². The molecule has 19 heavy (non-hydrogen) atoms. The fourth-order valence-corrected chi connectivity index (χ4v) is 3.36. The second-order valence-corrected chi connectivity index (χ2v) is 5.91. The SMILES string of the molecule is Cc1c(Br)cc(Br)c2c1C(=Cc1ncc[nH]1)C(=O)N2. The number of nitrogens with zero attached hydrogens (tertiary/aromatic N) is 1. The Morgan fingerprint density at radius 1 is 1.32 bits per heavy atom. The number of carbonyl (C=O) groups is 1. The number of hydrogen-bond donors (Lipinski definition) is 2. The van der Waals surface area contributed by atoms with Crippen LogP contribution >= 0.6 is 31.9 Å². The number of fused-ring (bicyclic) bond motifs is 1. The van der Waals surface area contributed by atoms with Gasteiger partial charge >= 0.3 is 0 Å². The largest absolute Gasteiger partial charge is 0.345 e. The molecule has 4 nitrogen and oxygen atoms in total. The van der Waals surface area contributed by atoms with Crippen LogP contribution in [-0.2, 0) is 4.79 Å². The van der Waals surface area contributed by atoms with E-state index in [4.69, 9.17) is 0 Å². The molecule has 1 amide bonds. The highest BCUT2D eigenvalue weighted by Crippen LogP contribution is 2.43. The number of amides is 1. The van der Waals surface area contributed by atoms with E-state index in [1.165, 1.54) is 0 Å². The minimum atomic E-state index is -0.117. The van der Waals surface area contributed by atoms with Crippen molar-refractivity contribution in [2.24, 2.45) is 0 Å². The van der Waals surface area contributed by atoms with Crippen LogP contribution in [0.4, 0.5) is 5.69 Å². The zero-order valence-electron chi connectivity index (χ0n) is 9.92. The quantitative estimate of drug-likeness (QED) is 0.738. The van der Waals surface area contributed by atoms with Gasteiger partial charge in [-0.25, -0.2) is 4.98 Å². The number of imidazole rings is 1.